The lowest BCUT2D eigenvalue weighted by Crippen LogP contribution is -2.17. The molecule has 4 rings (SSSR count). The van der Waals surface area contributed by atoms with Crippen molar-refractivity contribution in [3.05, 3.63) is 72.1 Å². The summed E-state index contributed by atoms with van der Waals surface area (Å²) in [4.78, 5) is 2.20. The maximum Gasteiger partial charge on any atom is 0.202 e. The Morgan fingerprint density at radius 2 is 1.81 bits per heavy atom. The zero-order valence-electron chi connectivity index (χ0n) is 14.8. The molecule has 0 bridgehead atoms. The van der Waals surface area contributed by atoms with Gasteiger partial charge in [0.15, 0.2) is 5.76 Å². The fourth-order valence-corrected chi connectivity index (χ4v) is 3.06. The van der Waals surface area contributed by atoms with Crippen LogP contribution in [0, 0.1) is 0 Å². The predicted octanol–water partition coefficient (Wildman–Crippen LogP) is 4.73. The summed E-state index contributed by atoms with van der Waals surface area (Å²) in [5, 5.41) is 6.52. The largest absolute Gasteiger partial charge is 0.497 e. The molecule has 0 saturated heterocycles. The SMILES string of the molecule is COc1ccc2cc(CN(C)Cc3cc(-c4ccco4)on3)ccc2c1. The van der Waals surface area contributed by atoms with Crippen LogP contribution in [0.4, 0.5) is 0 Å². The van der Waals surface area contributed by atoms with Crippen molar-refractivity contribution < 1.29 is 13.7 Å². The third-order valence-corrected chi connectivity index (χ3v) is 4.32. The lowest BCUT2D eigenvalue weighted by Gasteiger charge is -2.15. The number of methoxy groups -OCH3 is 1. The molecule has 0 amide bonds. The lowest BCUT2D eigenvalue weighted by atomic mass is 10.1. The number of nitrogens with zero attached hydrogens (tertiary/aromatic N) is 2. The molecule has 0 radical (unpaired) electrons. The highest BCUT2D eigenvalue weighted by atomic mass is 16.5. The molecule has 2 aromatic heterocycles. The molecule has 26 heavy (non-hydrogen) atoms. The average Bonchev–Trinajstić information content (AvgIpc) is 3.32. The van der Waals surface area contributed by atoms with Crippen LogP contribution in [-0.4, -0.2) is 24.2 Å². The zero-order chi connectivity index (χ0) is 17.9. The normalized spacial score (nSPS) is 11.3. The van der Waals surface area contributed by atoms with E-state index in [1.807, 2.05) is 30.3 Å². The van der Waals surface area contributed by atoms with Crippen molar-refractivity contribution in [1.29, 1.82) is 0 Å². The van der Waals surface area contributed by atoms with Crippen molar-refractivity contribution in [3.63, 3.8) is 0 Å². The summed E-state index contributed by atoms with van der Waals surface area (Å²) in [6.07, 6.45) is 1.62. The topological polar surface area (TPSA) is 51.6 Å². The highest BCUT2D eigenvalue weighted by molar-refractivity contribution is 5.84. The standard InChI is InChI=1S/C21H20N2O3/c1-23(14-18-12-21(26-22-18)20-4-3-9-25-20)13-15-5-6-17-11-19(24-2)8-7-16(17)10-15/h3-12H,13-14H2,1-2H3. The van der Waals surface area contributed by atoms with Crippen LogP contribution in [0.5, 0.6) is 5.75 Å². The van der Waals surface area contributed by atoms with Gasteiger partial charge in [-0.1, -0.05) is 23.4 Å². The molecule has 132 valence electrons. The Morgan fingerprint density at radius 3 is 2.62 bits per heavy atom. The number of aromatic nitrogens is 1. The molecule has 0 aliphatic heterocycles. The minimum absolute atomic E-state index is 0.651. The summed E-state index contributed by atoms with van der Waals surface area (Å²) in [6, 6.07) is 18.2. The number of fused-ring (bicyclic) bond motifs is 1. The van der Waals surface area contributed by atoms with Gasteiger partial charge >= 0.3 is 0 Å². The van der Waals surface area contributed by atoms with Gasteiger partial charge in [-0.25, -0.2) is 0 Å². The van der Waals surface area contributed by atoms with Gasteiger partial charge in [0.05, 0.1) is 19.1 Å². The van der Waals surface area contributed by atoms with Gasteiger partial charge in [0.25, 0.3) is 0 Å². The number of hydrogen-bond donors (Lipinski definition) is 0. The summed E-state index contributed by atoms with van der Waals surface area (Å²) in [5.41, 5.74) is 2.13. The molecule has 0 aliphatic rings. The van der Waals surface area contributed by atoms with Gasteiger partial charge in [-0.15, -0.1) is 0 Å². The molecular weight excluding hydrogens is 328 g/mol. The molecule has 2 heterocycles. The van der Waals surface area contributed by atoms with Gasteiger partial charge in [0.1, 0.15) is 5.75 Å². The lowest BCUT2D eigenvalue weighted by molar-refractivity contribution is 0.304. The molecule has 0 aliphatic carbocycles. The quantitative estimate of drug-likeness (QED) is 0.504. The van der Waals surface area contributed by atoms with E-state index in [0.717, 1.165) is 18.0 Å². The van der Waals surface area contributed by atoms with Gasteiger partial charge in [-0.3, -0.25) is 4.90 Å². The van der Waals surface area contributed by atoms with Crippen LogP contribution < -0.4 is 4.74 Å². The van der Waals surface area contributed by atoms with Crippen LogP contribution in [0.2, 0.25) is 0 Å². The molecule has 0 unspecified atom stereocenters. The third kappa shape index (κ3) is 3.48. The molecule has 5 heteroatoms. The maximum absolute atomic E-state index is 5.36. The first-order valence-electron chi connectivity index (χ1n) is 8.46. The van der Waals surface area contributed by atoms with Crippen LogP contribution >= 0.6 is 0 Å². The van der Waals surface area contributed by atoms with E-state index in [4.69, 9.17) is 13.7 Å². The Kier molecular flexibility index (Phi) is 4.46. The molecule has 4 aromatic rings. The van der Waals surface area contributed by atoms with E-state index in [2.05, 4.69) is 41.4 Å². The summed E-state index contributed by atoms with van der Waals surface area (Å²) in [5.74, 6) is 2.22. The summed E-state index contributed by atoms with van der Waals surface area (Å²) in [6.45, 7) is 1.52. The Hall–Kier alpha value is -3.05. The summed E-state index contributed by atoms with van der Waals surface area (Å²) >= 11 is 0. The van der Waals surface area contributed by atoms with Gasteiger partial charge in [0, 0.05) is 19.2 Å². The van der Waals surface area contributed by atoms with Crippen LogP contribution in [0.15, 0.2) is 69.8 Å². The van der Waals surface area contributed by atoms with E-state index in [9.17, 15) is 0 Å². The summed E-state index contributed by atoms with van der Waals surface area (Å²) < 4.78 is 16.0. The fourth-order valence-electron chi connectivity index (χ4n) is 3.06. The maximum atomic E-state index is 5.36. The Bertz CT molecular complexity index is 1010. The number of hydrogen-bond acceptors (Lipinski definition) is 5. The molecule has 0 fully saturated rings. The predicted molar refractivity (Wildman–Crippen MR) is 99.9 cm³/mol. The van der Waals surface area contributed by atoms with E-state index in [-0.39, 0.29) is 0 Å². The highest BCUT2D eigenvalue weighted by Crippen LogP contribution is 2.23. The van der Waals surface area contributed by atoms with Crippen molar-refractivity contribution in [1.82, 2.24) is 10.1 Å². The molecule has 5 nitrogen and oxygen atoms in total. The van der Waals surface area contributed by atoms with Gasteiger partial charge in [-0.05, 0) is 53.7 Å². The summed E-state index contributed by atoms with van der Waals surface area (Å²) in [7, 11) is 3.76. The van der Waals surface area contributed by atoms with E-state index in [1.54, 1.807) is 13.4 Å². The Labute approximate surface area is 151 Å². The molecular formula is C21H20N2O3. The van der Waals surface area contributed by atoms with Crippen LogP contribution in [0.1, 0.15) is 11.3 Å². The minimum Gasteiger partial charge on any atom is -0.497 e. The molecule has 0 saturated carbocycles. The van der Waals surface area contributed by atoms with Crippen molar-refractivity contribution >= 4 is 10.8 Å². The molecule has 2 aromatic carbocycles. The van der Waals surface area contributed by atoms with Crippen molar-refractivity contribution in [2.24, 2.45) is 0 Å². The molecule has 0 atom stereocenters. The van der Waals surface area contributed by atoms with Crippen LogP contribution in [0.3, 0.4) is 0 Å². The first-order chi connectivity index (χ1) is 12.7. The number of benzene rings is 2. The molecule has 0 N–H and O–H groups in total. The third-order valence-electron chi connectivity index (χ3n) is 4.32. The van der Waals surface area contributed by atoms with Crippen LogP contribution in [0.25, 0.3) is 22.3 Å². The first kappa shape index (κ1) is 16.4. The van der Waals surface area contributed by atoms with E-state index >= 15 is 0 Å². The monoisotopic (exact) mass is 348 g/mol. The number of furan rings is 1. The average molecular weight is 348 g/mol. The minimum atomic E-state index is 0.651. The second-order valence-corrected chi connectivity index (χ2v) is 6.38. The smallest absolute Gasteiger partial charge is 0.202 e. The second-order valence-electron chi connectivity index (χ2n) is 6.38. The van der Waals surface area contributed by atoms with E-state index < -0.39 is 0 Å². The van der Waals surface area contributed by atoms with Crippen molar-refractivity contribution in [2.45, 2.75) is 13.1 Å². The Balaban J connectivity index is 1.44. The van der Waals surface area contributed by atoms with Crippen molar-refractivity contribution in [2.75, 3.05) is 14.2 Å². The Morgan fingerprint density at radius 1 is 0.962 bits per heavy atom. The fraction of sp³-hybridized carbons (Fsp3) is 0.190. The highest BCUT2D eigenvalue weighted by Gasteiger charge is 2.11. The van der Waals surface area contributed by atoms with Gasteiger partial charge in [-0.2, -0.15) is 0 Å². The number of ether oxygens (including phenoxy) is 1. The number of rotatable bonds is 6. The first-order valence-corrected chi connectivity index (χ1v) is 8.46. The van der Waals surface area contributed by atoms with E-state index in [1.165, 1.54) is 16.3 Å². The van der Waals surface area contributed by atoms with E-state index in [0.29, 0.717) is 18.1 Å². The van der Waals surface area contributed by atoms with Gasteiger partial charge in [0.2, 0.25) is 5.76 Å². The van der Waals surface area contributed by atoms with Gasteiger partial charge < -0.3 is 13.7 Å². The zero-order valence-corrected chi connectivity index (χ0v) is 14.8. The second kappa shape index (κ2) is 7.06. The van der Waals surface area contributed by atoms with Crippen LogP contribution in [-0.2, 0) is 13.1 Å². The van der Waals surface area contributed by atoms with Crippen molar-refractivity contribution in [3.8, 4) is 17.3 Å². The molecule has 0 spiro atoms.